The molecule has 3 aromatic rings. The smallest absolute Gasteiger partial charge is 0.276 e. The predicted octanol–water partition coefficient (Wildman–Crippen LogP) is 2.42. The molecule has 0 spiro atoms. The molecule has 0 saturated carbocycles. The number of hydrogen-bond acceptors (Lipinski definition) is 9. The molecule has 0 unspecified atom stereocenters. The molecular weight excluding hydrogens is 468 g/mol. The first-order valence-corrected chi connectivity index (χ1v) is 12.2. The summed E-state index contributed by atoms with van der Waals surface area (Å²) >= 11 is 1.31. The van der Waals surface area contributed by atoms with Gasteiger partial charge in [0.15, 0.2) is 5.13 Å². The molecule has 0 bridgehead atoms. The van der Waals surface area contributed by atoms with E-state index in [0.717, 1.165) is 24.3 Å². The van der Waals surface area contributed by atoms with Gasteiger partial charge in [-0.25, -0.2) is 9.97 Å². The fourth-order valence-corrected chi connectivity index (χ4v) is 4.42. The average Bonchev–Trinajstić information content (AvgIpc) is 3.32. The predicted molar refractivity (Wildman–Crippen MR) is 133 cm³/mol. The van der Waals surface area contributed by atoms with Gasteiger partial charge in [0.1, 0.15) is 5.69 Å². The molecule has 1 fully saturated rings. The van der Waals surface area contributed by atoms with Gasteiger partial charge in [-0.05, 0) is 31.2 Å². The van der Waals surface area contributed by atoms with Crippen LogP contribution in [-0.4, -0.2) is 75.7 Å². The van der Waals surface area contributed by atoms with Gasteiger partial charge in [-0.2, -0.15) is 0 Å². The van der Waals surface area contributed by atoms with E-state index in [9.17, 15) is 14.7 Å². The number of anilines is 2. The van der Waals surface area contributed by atoms with E-state index in [1.54, 1.807) is 32.3 Å². The second-order valence-electron chi connectivity index (χ2n) is 8.25. The van der Waals surface area contributed by atoms with E-state index in [2.05, 4.69) is 25.2 Å². The van der Waals surface area contributed by atoms with Crippen molar-refractivity contribution >= 4 is 34.0 Å². The molecular formula is C24H28N6O4S. The van der Waals surface area contributed by atoms with Crippen LogP contribution in [0.4, 0.5) is 10.8 Å². The number of hydrogen-bond donors (Lipinski definition) is 2. The van der Waals surface area contributed by atoms with Crippen LogP contribution in [0.1, 0.15) is 30.0 Å². The number of aliphatic hydroxyl groups excluding tert-OH is 1. The fraction of sp³-hybridized carbons (Fsp3) is 0.375. The Kier molecular flexibility index (Phi) is 8.01. The van der Waals surface area contributed by atoms with Crippen molar-refractivity contribution in [2.45, 2.75) is 26.6 Å². The van der Waals surface area contributed by atoms with Gasteiger partial charge in [-0.1, -0.05) is 0 Å². The summed E-state index contributed by atoms with van der Waals surface area (Å²) in [5, 5.41) is 14.5. The lowest BCUT2D eigenvalue weighted by atomic mass is 10.1. The van der Waals surface area contributed by atoms with Gasteiger partial charge in [0.2, 0.25) is 5.91 Å². The number of aromatic nitrogens is 3. The summed E-state index contributed by atoms with van der Waals surface area (Å²) in [5.41, 5.74) is 3.41. The molecule has 11 heteroatoms. The molecule has 1 atom stereocenters. The molecule has 3 aromatic heterocycles. The molecule has 1 saturated heterocycles. The van der Waals surface area contributed by atoms with E-state index in [1.807, 2.05) is 28.5 Å². The summed E-state index contributed by atoms with van der Waals surface area (Å²) < 4.78 is 5.51. The minimum absolute atomic E-state index is 0.0875. The van der Waals surface area contributed by atoms with Crippen LogP contribution in [-0.2, 0) is 16.1 Å². The first-order valence-electron chi connectivity index (χ1n) is 11.3. The lowest BCUT2D eigenvalue weighted by Gasteiger charge is -2.35. The Morgan fingerprint density at radius 2 is 2.00 bits per heavy atom. The Morgan fingerprint density at radius 3 is 2.69 bits per heavy atom. The van der Waals surface area contributed by atoms with Crippen molar-refractivity contribution in [3.63, 3.8) is 0 Å². The number of thiazole rings is 1. The summed E-state index contributed by atoms with van der Waals surface area (Å²) in [4.78, 5) is 41.4. The third-order valence-electron chi connectivity index (χ3n) is 5.56. The molecule has 4 heterocycles. The first-order chi connectivity index (χ1) is 16.9. The fourth-order valence-electron chi connectivity index (χ4n) is 3.72. The van der Waals surface area contributed by atoms with Crippen molar-refractivity contribution < 1.29 is 19.4 Å². The zero-order valence-electron chi connectivity index (χ0n) is 19.7. The maximum Gasteiger partial charge on any atom is 0.276 e. The van der Waals surface area contributed by atoms with E-state index in [0.29, 0.717) is 35.3 Å². The van der Waals surface area contributed by atoms with Crippen LogP contribution >= 0.6 is 11.3 Å². The molecule has 1 aliphatic heterocycles. The summed E-state index contributed by atoms with van der Waals surface area (Å²) in [7, 11) is 0. The van der Waals surface area contributed by atoms with Gasteiger partial charge in [0.25, 0.3) is 5.91 Å². The SMILES string of the molecule is CC(=O)N1CCN(c2ccc(C(=O)Nc3nc(-c4cccnc4COC[C@@H](C)O)cs3)nc2)CC1. The van der Waals surface area contributed by atoms with Crippen LogP contribution < -0.4 is 10.2 Å². The number of rotatable bonds is 8. The maximum atomic E-state index is 12.7. The van der Waals surface area contributed by atoms with Crippen molar-refractivity contribution in [3.8, 4) is 11.3 Å². The molecule has 4 rings (SSSR count). The Balaban J connectivity index is 1.37. The molecule has 2 amide bonds. The van der Waals surface area contributed by atoms with Crippen LogP contribution in [0.25, 0.3) is 11.3 Å². The molecule has 0 aromatic carbocycles. The van der Waals surface area contributed by atoms with Gasteiger partial charge >= 0.3 is 0 Å². The quantitative estimate of drug-likeness (QED) is 0.488. The number of nitrogens with zero attached hydrogens (tertiary/aromatic N) is 5. The highest BCUT2D eigenvalue weighted by Gasteiger charge is 2.20. The van der Waals surface area contributed by atoms with Gasteiger partial charge in [-0.3, -0.25) is 19.9 Å². The number of piperazine rings is 1. The second kappa shape index (κ2) is 11.3. The Bertz CT molecular complexity index is 1160. The van der Waals surface area contributed by atoms with Gasteiger partial charge in [-0.15, -0.1) is 11.3 Å². The standard InChI is InChI=1S/C24H28N6O4S/c1-16(31)13-34-14-21-19(4-3-7-25-21)22-15-35-24(27-22)28-23(33)20-6-5-18(12-26-20)30-10-8-29(9-11-30)17(2)32/h3-7,12,15-16,31H,8-11,13-14H2,1-2H3,(H,27,28,33)/t16-/m1/s1. The minimum atomic E-state index is -0.553. The van der Waals surface area contributed by atoms with Crippen molar-refractivity contribution in [1.29, 1.82) is 0 Å². The Hall–Kier alpha value is -3.41. The Morgan fingerprint density at radius 1 is 1.20 bits per heavy atom. The zero-order chi connectivity index (χ0) is 24.8. The first kappa shape index (κ1) is 24.7. The monoisotopic (exact) mass is 496 g/mol. The molecule has 2 N–H and O–H groups in total. The number of carbonyl (C=O) groups excluding carboxylic acids is 2. The highest BCUT2D eigenvalue weighted by Crippen LogP contribution is 2.27. The number of aliphatic hydroxyl groups is 1. The van der Waals surface area contributed by atoms with E-state index < -0.39 is 6.10 Å². The third-order valence-corrected chi connectivity index (χ3v) is 6.32. The summed E-state index contributed by atoms with van der Waals surface area (Å²) in [6, 6.07) is 7.27. The number of carbonyl (C=O) groups is 2. The highest BCUT2D eigenvalue weighted by atomic mass is 32.1. The third kappa shape index (κ3) is 6.38. The van der Waals surface area contributed by atoms with E-state index in [4.69, 9.17) is 4.74 Å². The normalized spacial score (nSPS) is 14.6. The summed E-state index contributed by atoms with van der Waals surface area (Å²) in [6.45, 7) is 6.53. The van der Waals surface area contributed by atoms with Crippen molar-refractivity contribution in [3.05, 3.63) is 53.4 Å². The van der Waals surface area contributed by atoms with Crippen molar-refractivity contribution in [1.82, 2.24) is 19.9 Å². The molecule has 35 heavy (non-hydrogen) atoms. The van der Waals surface area contributed by atoms with E-state index >= 15 is 0 Å². The van der Waals surface area contributed by atoms with Gasteiger partial charge in [0.05, 0.1) is 42.6 Å². The minimum Gasteiger partial charge on any atom is -0.391 e. The maximum absolute atomic E-state index is 12.7. The van der Waals surface area contributed by atoms with Gasteiger partial charge < -0.3 is 19.6 Å². The number of ether oxygens (including phenoxy) is 1. The number of amides is 2. The van der Waals surface area contributed by atoms with Crippen molar-refractivity contribution in [2.24, 2.45) is 0 Å². The van der Waals surface area contributed by atoms with Crippen LogP contribution in [0.5, 0.6) is 0 Å². The van der Waals surface area contributed by atoms with Crippen LogP contribution in [0, 0.1) is 0 Å². The average molecular weight is 497 g/mol. The van der Waals surface area contributed by atoms with Crippen LogP contribution in [0.2, 0.25) is 0 Å². The summed E-state index contributed by atoms with van der Waals surface area (Å²) in [5.74, 6) is -0.255. The zero-order valence-corrected chi connectivity index (χ0v) is 20.5. The number of nitrogens with one attached hydrogen (secondary N) is 1. The lowest BCUT2D eigenvalue weighted by Crippen LogP contribution is -2.48. The molecule has 0 radical (unpaired) electrons. The van der Waals surface area contributed by atoms with Crippen LogP contribution in [0.3, 0.4) is 0 Å². The largest absolute Gasteiger partial charge is 0.391 e. The highest BCUT2D eigenvalue weighted by molar-refractivity contribution is 7.14. The molecule has 1 aliphatic rings. The Labute approximate surface area is 207 Å². The second-order valence-corrected chi connectivity index (χ2v) is 9.11. The van der Waals surface area contributed by atoms with Crippen LogP contribution in [0.15, 0.2) is 42.0 Å². The number of pyridine rings is 2. The molecule has 10 nitrogen and oxygen atoms in total. The topological polar surface area (TPSA) is 121 Å². The lowest BCUT2D eigenvalue weighted by molar-refractivity contribution is -0.129. The summed E-state index contributed by atoms with van der Waals surface area (Å²) in [6.07, 6.45) is 2.81. The molecule has 0 aliphatic carbocycles. The van der Waals surface area contributed by atoms with Gasteiger partial charge in [0, 0.05) is 50.2 Å². The molecule has 184 valence electrons. The van der Waals surface area contributed by atoms with E-state index in [1.165, 1.54) is 11.3 Å². The van der Waals surface area contributed by atoms with Crippen molar-refractivity contribution in [2.75, 3.05) is 43.0 Å². The van der Waals surface area contributed by atoms with E-state index in [-0.39, 0.29) is 25.0 Å².